The predicted octanol–water partition coefficient (Wildman–Crippen LogP) is 3.84. The summed E-state index contributed by atoms with van der Waals surface area (Å²) in [5.41, 5.74) is -1.31. The number of benzene rings is 1. The number of anilines is 1. The van der Waals surface area contributed by atoms with E-state index < -0.39 is 22.7 Å². The molecule has 4 rings (SSSR count). The van der Waals surface area contributed by atoms with E-state index >= 15 is 0 Å². The molecule has 1 aromatic carbocycles. The Morgan fingerprint density at radius 2 is 1.77 bits per heavy atom. The van der Waals surface area contributed by atoms with Crippen LogP contribution in [0.5, 0.6) is 0 Å². The molecule has 3 aliphatic heterocycles. The third-order valence-electron chi connectivity index (χ3n) is 7.62. The van der Waals surface area contributed by atoms with E-state index in [0.717, 1.165) is 32.0 Å². The molecule has 3 aliphatic rings. The number of rotatable bonds is 3. The Bertz CT molecular complexity index is 1010. The minimum absolute atomic E-state index is 0.0205. The zero-order valence-corrected chi connectivity index (χ0v) is 20.2. The molecule has 0 aromatic heterocycles. The zero-order chi connectivity index (χ0) is 25.4. The van der Waals surface area contributed by atoms with E-state index in [0.29, 0.717) is 44.7 Å². The molecule has 0 radical (unpaired) electrons. The zero-order valence-electron chi connectivity index (χ0n) is 20.2. The maximum Gasteiger partial charge on any atom is 0.417 e. The maximum absolute atomic E-state index is 13.5. The van der Waals surface area contributed by atoms with Crippen molar-refractivity contribution < 1.29 is 22.8 Å². The van der Waals surface area contributed by atoms with Gasteiger partial charge in [-0.2, -0.15) is 18.4 Å². The van der Waals surface area contributed by atoms with Gasteiger partial charge in [0.15, 0.2) is 0 Å². The lowest BCUT2D eigenvalue weighted by molar-refractivity contribution is -0.138. The highest BCUT2D eigenvalue weighted by molar-refractivity contribution is 5.83. The van der Waals surface area contributed by atoms with Crippen LogP contribution >= 0.6 is 0 Å². The second kappa shape index (κ2) is 9.59. The van der Waals surface area contributed by atoms with Crippen molar-refractivity contribution in [2.75, 3.05) is 44.2 Å². The van der Waals surface area contributed by atoms with Gasteiger partial charge >= 0.3 is 12.2 Å². The second-order valence-corrected chi connectivity index (χ2v) is 10.3. The van der Waals surface area contributed by atoms with Gasteiger partial charge in [0.1, 0.15) is 0 Å². The summed E-state index contributed by atoms with van der Waals surface area (Å²) in [5.74, 6) is -0.221. The quantitative estimate of drug-likeness (QED) is 0.697. The molecule has 1 N–H and O–H groups in total. The minimum Gasteiger partial charge on any atom is -0.371 e. The number of likely N-dealkylation sites (tertiary alicyclic amines) is 2. The van der Waals surface area contributed by atoms with Crippen molar-refractivity contribution in [1.29, 1.82) is 5.26 Å². The standard InChI is InChI=1S/C25H32F3N5O2/c1-17(2)30-23(35)33-15-21(22(34)32-9-3-4-10-32)24(16-33)7-11-31(12-8-24)19-6-5-18(14-29)20(13-19)25(26,27)28/h5-6,13,17,21H,3-4,7-12,15-16H2,1-2H3,(H,30,35). The number of nitrogens with zero attached hydrogens (tertiary/aromatic N) is 4. The summed E-state index contributed by atoms with van der Waals surface area (Å²) >= 11 is 0. The number of nitrogens with one attached hydrogen (secondary N) is 1. The Morgan fingerprint density at radius 1 is 1.11 bits per heavy atom. The number of alkyl halides is 3. The van der Waals surface area contributed by atoms with Crippen LogP contribution in [-0.4, -0.2) is 67.0 Å². The first kappa shape index (κ1) is 25.1. The third-order valence-corrected chi connectivity index (χ3v) is 7.62. The molecule has 3 saturated heterocycles. The number of piperidine rings is 1. The number of hydrogen-bond donors (Lipinski definition) is 1. The van der Waals surface area contributed by atoms with Crippen LogP contribution in [0.3, 0.4) is 0 Å². The van der Waals surface area contributed by atoms with E-state index in [4.69, 9.17) is 5.26 Å². The minimum atomic E-state index is -4.61. The van der Waals surface area contributed by atoms with Crippen LogP contribution in [0.15, 0.2) is 18.2 Å². The van der Waals surface area contributed by atoms with Gasteiger partial charge in [0.2, 0.25) is 5.91 Å². The van der Waals surface area contributed by atoms with Crippen molar-refractivity contribution in [3.8, 4) is 6.07 Å². The average molecular weight is 492 g/mol. The summed E-state index contributed by atoms with van der Waals surface area (Å²) in [5, 5.41) is 12.0. The number of carbonyl (C=O) groups excluding carboxylic acids is 2. The second-order valence-electron chi connectivity index (χ2n) is 10.3. The summed E-state index contributed by atoms with van der Waals surface area (Å²) in [6.07, 6.45) is -1.44. The van der Waals surface area contributed by atoms with Gasteiger partial charge < -0.3 is 20.0 Å². The summed E-state index contributed by atoms with van der Waals surface area (Å²) in [6.45, 7) is 7.04. The number of urea groups is 1. The first-order chi connectivity index (χ1) is 16.5. The molecule has 1 atom stereocenters. The van der Waals surface area contributed by atoms with E-state index in [1.54, 1.807) is 17.0 Å². The van der Waals surface area contributed by atoms with Crippen molar-refractivity contribution in [3.05, 3.63) is 29.3 Å². The lowest BCUT2D eigenvalue weighted by Crippen LogP contribution is -2.49. The summed E-state index contributed by atoms with van der Waals surface area (Å²) < 4.78 is 40.4. The first-order valence-electron chi connectivity index (χ1n) is 12.2. The van der Waals surface area contributed by atoms with Crippen LogP contribution in [0.1, 0.15) is 50.7 Å². The Labute approximate surface area is 203 Å². The molecule has 0 bridgehead atoms. The van der Waals surface area contributed by atoms with Crippen LogP contribution in [0, 0.1) is 22.7 Å². The Hall–Kier alpha value is -2.96. The van der Waals surface area contributed by atoms with Gasteiger partial charge in [0.05, 0.1) is 23.1 Å². The highest BCUT2D eigenvalue weighted by Crippen LogP contribution is 2.47. The molecule has 190 valence electrons. The van der Waals surface area contributed by atoms with E-state index in [2.05, 4.69) is 5.32 Å². The summed E-state index contributed by atoms with van der Waals surface area (Å²) in [7, 11) is 0. The van der Waals surface area contributed by atoms with Gasteiger partial charge in [0, 0.05) is 56.4 Å². The fourth-order valence-corrected chi connectivity index (χ4v) is 5.74. The Balaban J connectivity index is 1.55. The van der Waals surface area contributed by atoms with Crippen molar-refractivity contribution in [1.82, 2.24) is 15.1 Å². The van der Waals surface area contributed by atoms with Gasteiger partial charge in [-0.3, -0.25) is 4.79 Å². The monoisotopic (exact) mass is 491 g/mol. The van der Waals surface area contributed by atoms with Gasteiger partial charge in [-0.15, -0.1) is 0 Å². The molecular weight excluding hydrogens is 459 g/mol. The molecule has 10 heteroatoms. The molecule has 35 heavy (non-hydrogen) atoms. The van der Waals surface area contributed by atoms with Crippen LogP contribution in [0.25, 0.3) is 0 Å². The molecule has 1 aromatic rings. The van der Waals surface area contributed by atoms with Crippen LogP contribution in [0.2, 0.25) is 0 Å². The van der Waals surface area contributed by atoms with Crippen molar-refractivity contribution >= 4 is 17.6 Å². The molecule has 3 amide bonds. The van der Waals surface area contributed by atoms with Gasteiger partial charge in [0.25, 0.3) is 0 Å². The van der Waals surface area contributed by atoms with Crippen molar-refractivity contribution in [2.24, 2.45) is 11.3 Å². The number of carbonyl (C=O) groups is 2. The molecule has 0 saturated carbocycles. The average Bonchev–Trinajstić information content (AvgIpc) is 3.47. The summed E-state index contributed by atoms with van der Waals surface area (Å²) in [6, 6.07) is 5.23. The number of hydrogen-bond acceptors (Lipinski definition) is 4. The highest BCUT2D eigenvalue weighted by atomic mass is 19.4. The molecule has 0 aliphatic carbocycles. The molecular formula is C25H32F3N5O2. The number of nitriles is 1. The number of halogens is 3. The maximum atomic E-state index is 13.5. The van der Waals surface area contributed by atoms with E-state index in [9.17, 15) is 22.8 Å². The Kier molecular flexibility index (Phi) is 6.89. The molecule has 3 fully saturated rings. The third kappa shape index (κ3) is 5.04. The normalized spacial score (nSPS) is 22.1. The predicted molar refractivity (Wildman–Crippen MR) is 125 cm³/mol. The van der Waals surface area contributed by atoms with Gasteiger partial charge in [-0.25, -0.2) is 4.79 Å². The SMILES string of the molecule is CC(C)NC(=O)N1CC(C(=O)N2CCCC2)C2(CCN(c3ccc(C#N)c(C(F)(F)F)c3)CC2)C1. The van der Waals surface area contributed by atoms with Crippen LogP contribution in [-0.2, 0) is 11.0 Å². The highest BCUT2D eigenvalue weighted by Gasteiger charge is 2.53. The lowest BCUT2D eigenvalue weighted by atomic mass is 9.70. The Morgan fingerprint density at radius 3 is 2.34 bits per heavy atom. The first-order valence-corrected chi connectivity index (χ1v) is 12.2. The molecule has 1 unspecified atom stereocenters. The van der Waals surface area contributed by atoms with Crippen molar-refractivity contribution in [3.63, 3.8) is 0 Å². The summed E-state index contributed by atoms with van der Waals surface area (Å²) in [4.78, 5) is 31.8. The van der Waals surface area contributed by atoms with Crippen LogP contribution in [0.4, 0.5) is 23.7 Å². The van der Waals surface area contributed by atoms with E-state index in [1.807, 2.05) is 23.6 Å². The molecule has 7 nitrogen and oxygen atoms in total. The molecule has 3 heterocycles. The van der Waals surface area contributed by atoms with E-state index in [-0.39, 0.29) is 23.9 Å². The lowest BCUT2D eigenvalue weighted by Gasteiger charge is -2.43. The fraction of sp³-hybridized carbons (Fsp3) is 0.640. The number of amides is 3. The van der Waals surface area contributed by atoms with Gasteiger partial charge in [-0.05, 0) is 57.7 Å². The molecule has 1 spiro atoms. The fourth-order valence-electron chi connectivity index (χ4n) is 5.74. The van der Waals surface area contributed by atoms with Crippen molar-refractivity contribution in [2.45, 2.75) is 51.7 Å². The smallest absolute Gasteiger partial charge is 0.371 e. The largest absolute Gasteiger partial charge is 0.417 e. The van der Waals surface area contributed by atoms with E-state index in [1.165, 1.54) is 6.07 Å². The topological polar surface area (TPSA) is 79.7 Å². The van der Waals surface area contributed by atoms with Crippen LogP contribution < -0.4 is 10.2 Å². The van der Waals surface area contributed by atoms with Gasteiger partial charge in [-0.1, -0.05) is 0 Å².